The maximum atomic E-state index is 11.8. The van der Waals surface area contributed by atoms with Gasteiger partial charge in [-0.05, 0) is 38.1 Å². The Morgan fingerprint density at radius 2 is 2.22 bits per heavy atom. The molecule has 0 aromatic carbocycles. The van der Waals surface area contributed by atoms with Crippen LogP contribution in [-0.2, 0) is 4.79 Å². The van der Waals surface area contributed by atoms with E-state index in [1.54, 1.807) is 0 Å². The molecule has 1 fully saturated rings. The van der Waals surface area contributed by atoms with E-state index in [-0.39, 0.29) is 12.5 Å². The number of aliphatic hydroxyl groups is 1. The van der Waals surface area contributed by atoms with Crippen LogP contribution in [-0.4, -0.2) is 48.2 Å². The molecule has 4 nitrogen and oxygen atoms in total. The van der Waals surface area contributed by atoms with Crippen LogP contribution >= 0.6 is 0 Å². The van der Waals surface area contributed by atoms with Gasteiger partial charge in [0.15, 0.2) is 0 Å². The number of hydrogen-bond donors (Lipinski definition) is 2. The minimum Gasteiger partial charge on any atom is -0.396 e. The molecule has 0 bridgehead atoms. The number of nitrogens with zero attached hydrogens (tertiary/aromatic N) is 1. The van der Waals surface area contributed by atoms with Gasteiger partial charge in [0.1, 0.15) is 0 Å². The molecule has 0 spiro atoms. The Bertz CT molecular complexity index is 242. The number of carbonyl (C=O) groups is 1. The van der Waals surface area contributed by atoms with Gasteiger partial charge in [-0.2, -0.15) is 0 Å². The summed E-state index contributed by atoms with van der Waals surface area (Å²) in [6, 6.07) is 0.389. The molecule has 1 rings (SSSR count). The molecule has 18 heavy (non-hydrogen) atoms. The van der Waals surface area contributed by atoms with Crippen molar-refractivity contribution in [1.29, 1.82) is 0 Å². The standard InChI is InChI=1S/C14H28N2O2/c1-12(2)6-8-15-14(18)11-16-9-4-3-5-13(16)7-10-17/h12-13,17H,3-11H2,1-2H3,(H,15,18). The molecule has 1 unspecified atom stereocenters. The normalized spacial score (nSPS) is 21.2. The third kappa shape index (κ3) is 5.83. The van der Waals surface area contributed by atoms with E-state index in [1.165, 1.54) is 12.8 Å². The van der Waals surface area contributed by atoms with Crippen molar-refractivity contribution >= 4 is 5.91 Å². The molecule has 106 valence electrons. The molecule has 0 saturated carbocycles. The fourth-order valence-corrected chi connectivity index (χ4v) is 2.48. The SMILES string of the molecule is CC(C)CCNC(=O)CN1CCCCC1CCO. The lowest BCUT2D eigenvalue weighted by atomic mass is 9.99. The average molecular weight is 256 g/mol. The summed E-state index contributed by atoms with van der Waals surface area (Å²) in [5.74, 6) is 0.753. The highest BCUT2D eigenvalue weighted by Crippen LogP contribution is 2.18. The predicted molar refractivity (Wildman–Crippen MR) is 73.4 cm³/mol. The summed E-state index contributed by atoms with van der Waals surface area (Å²) in [4.78, 5) is 14.1. The lowest BCUT2D eigenvalue weighted by Gasteiger charge is -2.34. The van der Waals surface area contributed by atoms with E-state index in [4.69, 9.17) is 5.11 Å². The Morgan fingerprint density at radius 1 is 1.44 bits per heavy atom. The first-order chi connectivity index (χ1) is 8.63. The van der Waals surface area contributed by atoms with Crippen molar-refractivity contribution in [2.75, 3.05) is 26.2 Å². The molecule has 1 aliphatic heterocycles. The van der Waals surface area contributed by atoms with Gasteiger partial charge in [0, 0.05) is 19.2 Å². The second kappa shape index (κ2) is 8.48. The van der Waals surface area contributed by atoms with Crippen molar-refractivity contribution in [3.8, 4) is 0 Å². The van der Waals surface area contributed by atoms with Crippen LogP contribution in [0.2, 0.25) is 0 Å². The predicted octanol–water partition coefficient (Wildman–Crippen LogP) is 1.39. The molecule has 1 amide bonds. The fourth-order valence-electron chi connectivity index (χ4n) is 2.48. The molecule has 4 heteroatoms. The van der Waals surface area contributed by atoms with Crippen LogP contribution in [0, 0.1) is 5.92 Å². The van der Waals surface area contributed by atoms with Crippen molar-refractivity contribution in [2.45, 2.75) is 52.0 Å². The fraction of sp³-hybridized carbons (Fsp3) is 0.929. The quantitative estimate of drug-likeness (QED) is 0.723. The molecule has 0 aliphatic carbocycles. The molecule has 1 saturated heterocycles. The third-order valence-corrected chi connectivity index (χ3v) is 3.60. The zero-order valence-electron chi connectivity index (χ0n) is 11.8. The van der Waals surface area contributed by atoms with E-state index < -0.39 is 0 Å². The minimum absolute atomic E-state index is 0.125. The number of rotatable bonds is 7. The first kappa shape index (κ1) is 15.4. The van der Waals surface area contributed by atoms with Crippen LogP contribution in [0.1, 0.15) is 46.0 Å². The zero-order valence-corrected chi connectivity index (χ0v) is 11.8. The Labute approximate surface area is 111 Å². The van der Waals surface area contributed by atoms with Crippen molar-refractivity contribution < 1.29 is 9.90 Å². The van der Waals surface area contributed by atoms with Crippen molar-refractivity contribution in [1.82, 2.24) is 10.2 Å². The molecule has 0 aromatic heterocycles. The molecular formula is C14H28N2O2. The van der Waals surface area contributed by atoms with E-state index in [0.717, 1.165) is 32.4 Å². The molecule has 1 heterocycles. The Morgan fingerprint density at radius 3 is 2.89 bits per heavy atom. The van der Waals surface area contributed by atoms with Gasteiger partial charge in [-0.25, -0.2) is 0 Å². The van der Waals surface area contributed by atoms with Crippen LogP contribution in [0.3, 0.4) is 0 Å². The summed E-state index contributed by atoms with van der Waals surface area (Å²) in [7, 11) is 0. The Balaban J connectivity index is 2.27. The molecule has 0 aromatic rings. The molecular weight excluding hydrogens is 228 g/mol. The van der Waals surface area contributed by atoms with Crippen LogP contribution in [0.15, 0.2) is 0 Å². The van der Waals surface area contributed by atoms with Crippen molar-refractivity contribution in [3.63, 3.8) is 0 Å². The van der Waals surface area contributed by atoms with Crippen LogP contribution in [0.25, 0.3) is 0 Å². The monoisotopic (exact) mass is 256 g/mol. The number of nitrogens with one attached hydrogen (secondary N) is 1. The largest absolute Gasteiger partial charge is 0.396 e. The number of hydrogen-bond acceptors (Lipinski definition) is 3. The van der Waals surface area contributed by atoms with Gasteiger partial charge in [0.25, 0.3) is 0 Å². The van der Waals surface area contributed by atoms with Crippen molar-refractivity contribution in [2.24, 2.45) is 5.92 Å². The highest BCUT2D eigenvalue weighted by molar-refractivity contribution is 5.78. The Kier molecular flexibility index (Phi) is 7.28. The summed E-state index contributed by atoms with van der Waals surface area (Å²) in [6.45, 7) is 6.79. The second-order valence-corrected chi connectivity index (χ2v) is 5.66. The third-order valence-electron chi connectivity index (χ3n) is 3.60. The van der Waals surface area contributed by atoms with Gasteiger partial charge in [-0.1, -0.05) is 20.3 Å². The maximum absolute atomic E-state index is 11.8. The smallest absolute Gasteiger partial charge is 0.234 e. The van der Waals surface area contributed by atoms with Crippen molar-refractivity contribution in [3.05, 3.63) is 0 Å². The highest BCUT2D eigenvalue weighted by atomic mass is 16.3. The van der Waals surface area contributed by atoms with Gasteiger partial charge in [-0.15, -0.1) is 0 Å². The number of aliphatic hydroxyl groups excluding tert-OH is 1. The number of carbonyl (C=O) groups excluding carboxylic acids is 1. The first-order valence-electron chi connectivity index (χ1n) is 7.25. The lowest BCUT2D eigenvalue weighted by molar-refractivity contribution is -0.123. The van der Waals surface area contributed by atoms with E-state index >= 15 is 0 Å². The lowest BCUT2D eigenvalue weighted by Crippen LogP contribution is -2.46. The summed E-state index contributed by atoms with van der Waals surface area (Å²) < 4.78 is 0. The van der Waals surface area contributed by atoms with Gasteiger partial charge in [-0.3, -0.25) is 9.69 Å². The van der Waals surface area contributed by atoms with Gasteiger partial charge in [0.2, 0.25) is 5.91 Å². The van der Waals surface area contributed by atoms with Crippen LogP contribution in [0.5, 0.6) is 0 Å². The maximum Gasteiger partial charge on any atom is 0.234 e. The van der Waals surface area contributed by atoms with E-state index in [9.17, 15) is 4.79 Å². The molecule has 2 N–H and O–H groups in total. The number of amides is 1. The van der Waals surface area contributed by atoms with Gasteiger partial charge < -0.3 is 10.4 Å². The second-order valence-electron chi connectivity index (χ2n) is 5.66. The van der Waals surface area contributed by atoms with Crippen LogP contribution in [0.4, 0.5) is 0 Å². The number of likely N-dealkylation sites (tertiary alicyclic amines) is 1. The van der Waals surface area contributed by atoms with Gasteiger partial charge in [0.05, 0.1) is 6.54 Å². The molecule has 1 aliphatic rings. The topological polar surface area (TPSA) is 52.6 Å². The average Bonchev–Trinajstić information content (AvgIpc) is 2.31. The van der Waals surface area contributed by atoms with Crippen LogP contribution < -0.4 is 5.32 Å². The summed E-state index contributed by atoms with van der Waals surface area (Å²) in [5.41, 5.74) is 0. The Hall–Kier alpha value is -0.610. The molecule has 1 atom stereocenters. The van der Waals surface area contributed by atoms with Gasteiger partial charge >= 0.3 is 0 Å². The summed E-state index contributed by atoms with van der Waals surface area (Å²) in [6.07, 6.45) is 5.32. The van der Waals surface area contributed by atoms with E-state index in [2.05, 4.69) is 24.1 Å². The summed E-state index contributed by atoms with van der Waals surface area (Å²) >= 11 is 0. The first-order valence-corrected chi connectivity index (χ1v) is 7.25. The minimum atomic E-state index is 0.125. The summed E-state index contributed by atoms with van der Waals surface area (Å²) in [5, 5.41) is 12.0. The zero-order chi connectivity index (χ0) is 13.4. The highest BCUT2D eigenvalue weighted by Gasteiger charge is 2.23. The van der Waals surface area contributed by atoms with E-state index in [0.29, 0.717) is 18.5 Å². The molecule has 0 radical (unpaired) electrons. The number of piperidine rings is 1. The van der Waals surface area contributed by atoms with E-state index in [1.807, 2.05) is 0 Å².